The molecule has 0 aliphatic carbocycles. The molecule has 0 spiro atoms. The zero-order valence-electron chi connectivity index (χ0n) is 9.27. The van der Waals surface area contributed by atoms with Crippen molar-refractivity contribution < 1.29 is 0 Å². The Balaban J connectivity index is 2.34. The number of hydrogen-bond donors (Lipinski definition) is 1. The van der Waals surface area contributed by atoms with Gasteiger partial charge in [-0.25, -0.2) is 0 Å². The summed E-state index contributed by atoms with van der Waals surface area (Å²) in [5.74, 6) is 0. The van der Waals surface area contributed by atoms with Crippen LogP contribution < -0.4 is 0 Å². The summed E-state index contributed by atoms with van der Waals surface area (Å²) in [7, 11) is 0. The first kappa shape index (κ1) is 8.82. The van der Waals surface area contributed by atoms with Crippen LogP contribution in [0.3, 0.4) is 0 Å². The average Bonchev–Trinajstić information content (AvgIpc) is 2.86. The first-order valence-electron chi connectivity index (χ1n) is 5.80. The van der Waals surface area contributed by atoms with E-state index in [0.717, 1.165) is 0 Å². The summed E-state index contributed by atoms with van der Waals surface area (Å²) in [4.78, 5) is 3.18. The Hall–Kier alpha value is -2.28. The molecular weight excluding hydrogens is 206 g/mol. The van der Waals surface area contributed by atoms with Crippen molar-refractivity contribution >= 4 is 32.3 Å². The van der Waals surface area contributed by atoms with Crippen molar-refractivity contribution in [2.75, 3.05) is 0 Å². The standard InChI is InChI=1S/C16H11N/c1-2-4-13-11(3-1)5-7-15-14(13)8-6-12-9-17-10-16(12)15/h1-10,17H. The Morgan fingerprint density at radius 2 is 1.29 bits per heavy atom. The van der Waals surface area contributed by atoms with Crippen LogP contribution in [0.2, 0.25) is 0 Å². The lowest BCUT2D eigenvalue weighted by molar-refractivity contribution is 1.43. The number of hydrogen-bond acceptors (Lipinski definition) is 0. The summed E-state index contributed by atoms with van der Waals surface area (Å²) < 4.78 is 0. The molecule has 1 heteroatoms. The molecular formula is C16H11N. The third-order valence-electron chi connectivity index (χ3n) is 3.47. The van der Waals surface area contributed by atoms with Crippen LogP contribution in [0.4, 0.5) is 0 Å². The van der Waals surface area contributed by atoms with E-state index in [4.69, 9.17) is 0 Å². The van der Waals surface area contributed by atoms with Crippen LogP contribution >= 0.6 is 0 Å². The lowest BCUT2D eigenvalue weighted by atomic mass is 9.99. The van der Waals surface area contributed by atoms with Crippen molar-refractivity contribution in [2.24, 2.45) is 0 Å². The summed E-state index contributed by atoms with van der Waals surface area (Å²) in [6.45, 7) is 0. The van der Waals surface area contributed by atoms with Gasteiger partial charge in [0.15, 0.2) is 0 Å². The van der Waals surface area contributed by atoms with Gasteiger partial charge in [-0.05, 0) is 26.9 Å². The highest BCUT2D eigenvalue weighted by Crippen LogP contribution is 2.30. The molecule has 0 saturated heterocycles. The SMILES string of the molecule is c1ccc2c(c1)ccc1c3c[nH]cc3ccc21. The van der Waals surface area contributed by atoms with E-state index in [1.165, 1.54) is 32.3 Å². The van der Waals surface area contributed by atoms with Gasteiger partial charge in [0.05, 0.1) is 0 Å². The van der Waals surface area contributed by atoms with Gasteiger partial charge in [0.25, 0.3) is 0 Å². The van der Waals surface area contributed by atoms with Crippen molar-refractivity contribution in [3.05, 3.63) is 60.9 Å². The number of H-pyrrole nitrogens is 1. The van der Waals surface area contributed by atoms with Crippen LogP contribution in [0.15, 0.2) is 60.9 Å². The molecule has 0 aliphatic rings. The van der Waals surface area contributed by atoms with E-state index in [2.05, 4.69) is 59.7 Å². The van der Waals surface area contributed by atoms with E-state index in [1.807, 2.05) is 6.20 Å². The van der Waals surface area contributed by atoms with Gasteiger partial charge < -0.3 is 4.98 Å². The minimum atomic E-state index is 1.27. The van der Waals surface area contributed by atoms with Crippen LogP contribution in [0.5, 0.6) is 0 Å². The summed E-state index contributed by atoms with van der Waals surface area (Å²) in [5.41, 5.74) is 0. The quantitative estimate of drug-likeness (QED) is 0.418. The van der Waals surface area contributed by atoms with Crippen molar-refractivity contribution in [1.29, 1.82) is 0 Å². The molecule has 0 bridgehead atoms. The first-order chi connectivity index (χ1) is 8.43. The van der Waals surface area contributed by atoms with Crippen molar-refractivity contribution in [1.82, 2.24) is 4.98 Å². The Kier molecular flexibility index (Phi) is 1.61. The molecule has 17 heavy (non-hydrogen) atoms. The van der Waals surface area contributed by atoms with E-state index in [0.29, 0.717) is 0 Å². The Morgan fingerprint density at radius 3 is 2.24 bits per heavy atom. The van der Waals surface area contributed by atoms with Gasteiger partial charge in [-0.1, -0.05) is 48.5 Å². The monoisotopic (exact) mass is 217 g/mol. The van der Waals surface area contributed by atoms with Crippen LogP contribution in [0.1, 0.15) is 0 Å². The highest BCUT2D eigenvalue weighted by Gasteiger charge is 2.03. The number of benzene rings is 3. The molecule has 4 aromatic rings. The average molecular weight is 217 g/mol. The van der Waals surface area contributed by atoms with Crippen LogP contribution in [-0.4, -0.2) is 4.98 Å². The van der Waals surface area contributed by atoms with Crippen molar-refractivity contribution in [2.45, 2.75) is 0 Å². The molecule has 4 rings (SSSR count). The minimum Gasteiger partial charge on any atom is -0.366 e. The molecule has 0 atom stereocenters. The molecule has 0 unspecified atom stereocenters. The molecule has 0 saturated carbocycles. The fourth-order valence-corrected chi connectivity index (χ4v) is 2.63. The first-order valence-corrected chi connectivity index (χ1v) is 5.80. The third-order valence-corrected chi connectivity index (χ3v) is 3.47. The van der Waals surface area contributed by atoms with Gasteiger partial charge in [0.1, 0.15) is 0 Å². The molecule has 80 valence electrons. The number of fused-ring (bicyclic) bond motifs is 5. The second-order valence-electron chi connectivity index (χ2n) is 4.41. The van der Waals surface area contributed by atoms with Crippen LogP contribution in [-0.2, 0) is 0 Å². The van der Waals surface area contributed by atoms with E-state index in [9.17, 15) is 0 Å². The van der Waals surface area contributed by atoms with Gasteiger partial charge in [0.2, 0.25) is 0 Å². The Labute approximate surface area is 98.7 Å². The zero-order chi connectivity index (χ0) is 11.2. The normalized spacial score (nSPS) is 11.5. The van der Waals surface area contributed by atoms with Gasteiger partial charge in [-0.15, -0.1) is 0 Å². The number of aromatic amines is 1. The van der Waals surface area contributed by atoms with Crippen molar-refractivity contribution in [3.8, 4) is 0 Å². The fraction of sp³-hybridized carbons (Fsp3) is 0. The second kappa shape index (κ2) is 3.11. The van der Waals surface area contributed by atoms with Gasteiger partial charge in [-0.3, -0.25) is 0 Å². The molecule has 1 nitrogen and oxygen atoms in total. The smallest absolute Gasteiger partial charge is 0.00906 e. The number of aromatic nitrogens is 1. The summed E-state index contributed by atoms with van der Waals surface area (Å²) in [6, 6.07) is 17.4. The topological polar surface area (TPSA) is 15.8 Å². The molecule has 1 heterocycles. The molecule has 0 aliphatic heterocycles. The molecule has 0 fully saturated rings. The van der Waals surface area contributed by atoms with E-state index < -0.39 is 0 Å². The summed E-state index contributed by atoms with van der Waals surface area (Å²) in [5, 5.41) is 7.85. The van der Waals surface area contributed by atoms with Gasteiger partial charge in [0, 0.05) is 17.8 Å². The maximum atomic E-state index is 3.18. The highest BCUT2D eigenvalue weighted by molar-refractivity contribution is 6.17. The second-order valence-corrected chi connectivity index (χ2v) is 4.41. The number of rotatable bonds is 0. The number of nitrogens with one attached hydrogen (secondary N) is 1. The maximum Gasteiger partial charge on any atom is 0.00906 e. The van der Waals surface area contributed by atoms with E-state index in [1.54, 1.807) is 0 Å². The van der Waals surface area contributed by atoms with Crippen molar-refractivity contribution in [3.63, 3.8) is 0 Å². The summed E-state index contributed by atoms with van der Waals surface area (Å²) >= 11 is 0. The molecule has 3 aromatic carbocycles. The maximum absolute atomic E-state index is 3.18. The zero-order valence-corrected chi connectivity index (χ0v) is 9.27. The van der Waals surface area contributed by atoms with E-state index >= 15 is 0 Å². The van der Waals surface area contributed by atoms with Gasteiger partial charge >= 0.3 is 0 Å². The summed E-state index contributed by atoms with van der Waals surface area (Å²) in [6.07, 6.45) is 4.12. The fourth-order valence-electron chi connectivity index (χ4n) is 2.63. The molecule has 0 amide bonds. The predicted molar refractivity (Wildman–Crippen MR) is 73.3 cm³/mol. The van der Waals surface area contributed by atoms with E-state index in [-0.39, 0.29) is 0 Å². The lowest BCUT2D eigenvalue weighted by Gasteiger charge is -2.04. The highest BCUT2D eigenvalue weighted by atomic mass is 14.6. The molecule has 1 N–H and O–H groups in total. The largest absolute Gasteiger partial charge is 0.366 e. The third kappa shape index (κ3) is 1.14. The Bertz CT molecular complexity index is 840. The Morgan fingerprint density at radius 1 is 0.529 bits per heavy atom. The van der Waals surface area contributed by atoms with Crippen LogP contribution in [0, 0.1) is 0 Å². The minimum absolute atomic E-state index is 1.27. The lowest BCUT2D eigenvalue weighted by Crippen LogP contribution is -1.77. The van der Waals surface area contributed by atoms with Gasteiger partial charge in [-0.2, -0.15) is 0 Å². The predicted octanol–water partition coefficient (Wildman–Crippen LogP) is 4.47. The molecule has 0 radical (unpaired) electrons. The molecule has 1 aromatic heterocycles. The van der Waals surface area contributed by atoms with Crippen LogP contribution in [0.25, 0.3) is 32.3 Å².